The first-order valence-corrected chi connectivity index (χ1v) is 20.5. The maximum atomic E-state index is 12.2. The Hall–Kier alpha value is -2.44. The second-order valence-electron chi connectivity index (χ2n) is 13.7. The quantitative estimate of drug-likeness (QED) is 0.0307. The molecule has 50 heavy (non-hydrogen) atoms. The summed E-state index contributed by atoms with van der Waals surface area (Å²) in [6.07, 6.45) is 49.0. The highest BCUT2D eigenvalue weighted by atomic mass is 16.6. The molecule has 0 bridgehead atoms. The van der Waals surface area contributed by atoms with Gasteiger partial charge in [-0.15, -0.1) is 0 Å². The average Bonchev–Trinajstić information content (AvgIpc) is 3.87. The average molecular weight is 699 g/mol. The lowest BCUT2D eigenvalue weighted by Gasteiger charge is -2.15. The molecule has 0 aromatic heterocycles. The van der Waals surface area contributed by atoms with Crippen LogP contribution in [0.4, 0.5) is 0 Å². The molecule has 6 heteroatoms. The largest absolute Gasteiger partial charge is 0.462 e. The van der Waals surface area contributed by atoms with Gasteiger partial charge in [-0.3, -0.25) is 9.59 Å². The van der Waals surface area contributed by atoms with Crippen LogP contribution >= 0.6 is 0 Å². The fraction of sp³-hybridized carbons (Fsp3) is 0.727. The zero-order valence-electron chi connectivity index (χ0n) is 32.1. The van der Waals surface area contributed by atoms with Crippen LogP contribution in [0.1, 0.15) is 174 Å². The van der Waals surface area contributed by atoms with Crippen LogP contribution in [0.3, 0.4) is 0 Å². The van der Waals surface area contributed by atoms with E-state index in [4.69, 9.17) is 14.2 Å². The van der Waals surface area contributed by atoms with Gasteiger partial charge in [0.25, 0.3) is 0 Å². The van der Waals surface area contributed by atoms with Crippen LogP contribution in [0.15, 0.2) is 60.8 Å². The Morgan fingerprint density at radius 1 is 0.580 bits per heavy atom. The van der Waals surface area contributed by atoms with Gasteiger partial charge in [0.2, 0.25) is 0 Å². The molecular formula is C44H74O6. The monoisotopic (exact) mass is 699 g/mol. The first-order valence-electron chi connectivity index (χ1n) is 20.5. The van der Waals surface area contributed by atoms with E-state index in [0.717, 1.165) is 57.8 Å². The Bertz CT molecular complexity index is 948. The molecule has 1 rings (SSSR count). The molecular weight excluding hydrogens is 624 g/mol. The molecule has 0 aromatic carbocycles. The van der Waals surface area contributed by atoms with Crippen molar-refractivity contribution in [2.45, 2.75) is 193 Å². The molecule has 3 atom stereocenters. The van der Waals surface area contributed by atoms with Gasteiger partial charge in [0.05, 0.1) is 18.8 Å². The molecule has 2 unspecified atom stereocenters. The second-order valence-corrected chi connectivity index (χ2v) is 13.7. The lowest BCUT2D eigenvalue weighted by Crippen LogP contribution is -2.28. The smallest absolute Gasteiger partial charge is 0.306 e. The Morgan fingerprint density at radius 2 is 1.04 bits per heavy atom. The second kappa shape index (κ2) is 35.0. The number of allylic oxidation sites excluding steroid dienone is 8. The van der Waals surface area contributed by atoms with Gasteiger partial charge < -0.3 is 19.3 Å². The minimum atomic E-state index is -0.815. The van der Waals surface area contributed by atoms with Crippen LogP contribution in [-0.2, 0) is 23.8 Å². The summed E-state index contributed by atoms with van der Waals surface area (Å²) in [4.78, 5) is 24.3. The van der Waals surface area contributed by atoms with E-state index >= 15 is 0 Å². The van der Waals surface area contributed by atoms with Gasteiger partial charge in [-0.25, -0.2) is 0 Å². The zero-order chi connectivity index (χ0) is 36.2. The summed E-state index contributed by atoms with van der Waals surface area (Å²) in [7, 11) is 0. The van der Waals surface area contributed by atoms with Crippen molar-refractivity contribution in [3.63, 3.8) is 0 Å². The van der Waals surface area contributed by atoms with Crippen LogP contribution in [0, 0.1) is 0 Å². The van der Waals surface area contributed by atoms with Gasteiger partial charge in [0.15, 0.2) is 6.10 Å². The van der Waals surface area contributed by atoms with Crippen molar-refractivity contribution in [3.05, 3.63) is 60.8 Å². The molecule has 0 radical (unpaired) electrons. The van der Waals surface area contributed by atoms with Crippen molar-refractivity contribution in [3.8, 4) is 0 Å². The number of aliphatic hydroxyl groups excluding tert-OH is 1. The third-order valence-electron chi connectivity index (χ3n) is 8.99. The highest BCUT2D eigenvalue weighted by Crippen LogP contribution is 2.29. The molecule has 1 saturated heterocycles. The van der Waals surface area contributed by atoms with Crippen LogP contribution in [0.25, 0.3) is 0 Å². The summed E-state index contributed by atoms with van der Waals surface area (Å²) >= 11 is 0. The molecule has 1 aliphatic rings. The summed E-state index contributed by atoms with van der Waals surface area (Å²) in [6, 6.07) is 0. The molecule has 0 spiro atoms. The molecule has 0 aromatic rings. The molecule has 1 aliphatic heterocycles. The summed E-state index contributed by atoms with van der Waals surface area (Å²) in [5, 5.41) is 9.55. The first-order chi connectivity index (χ1) is 24.6. The van der Waals surface area contributed by atoms with E-state index in [2.05, 4.69) is 62.5 Å². The number of carbonyl (C=O) groups is 2. The van der Waals surface area contributed by atoms with E-state index < -0.39 is 12.1 Å². The Labute approximate surface area is 306 Å². The maximum absolute atomic E-state index is 12.2. The van der Waals surface area contributed by atoms with Gasteiger partial charge >= 0.3 is 11.9 Å². The van der Waals surface area contributed by atoms with E-state index in [0.29, 0.717) is 25.0 Å². The highest BCUT2D eigenvalue weighted by Gasteiger charge is 2.35. The topological polar surface area (TPSA) is 85.4 Å². The summed E-state index contributed by atoms with van der Waals surface area (Å²) < 4.78 is 16.2. The number of hydrogen-bond acceptors (Lipinski definition) is 6. The van der Waals surface area contributed by atoms with Crippen LogP contribution in [0.5, 0.6) is 0 Å². The Morgan fingerprint density at radius 3 is 1.54 bits per heavy atom. The minimum Gasteiger partial charge on any atom is -0.462 e. The van der Waals surface area contributed by atoms with Crippen molar-refractivity contribution in [2.24, 2.45) is 0 Å². The fourth-order valence-corrected chi connectivity index (χ4v) is 5.80. The molecule has 286 valence electrons. The lowest BCUT2D eigenvalue weighted by molar-refractivity contribution is -0.161. The van der Waals surface area contributed by atoms with E-state index in [1.807, 2.05) is 12.2 Å². The number of epoxide rings is 1. The van der Waals surface area contributed by atoms with Crippen molar-refractivity contribution in [2.75, 3.05) is 13.2 Å². The molecule has 1 fully saturated rings. The fourth-order valence-electron chi connectivity index (χ4n) is 5.80. The number of esters is 2. The lowest BCUT2D eigenvalue weighted by atomic mass is 10.0. The summed E-state index contributed by atoms with van der Waals surface area (Å²) in [5.74, 6) is -0.692. The number of carbonyl (C=O) groups excluding carboxylic acids is 2. The molecule has 0 saturated carbocycles. The van der Waals surface area contributed by atoms with Gasteiger partial charge in [0.1, 0.15) is 6.61 Å². The molecule has 0 aliphatic carbocycles. The number of unbranched alkanes of at least 4 members (excludes halogenated alkanes) is 15. The van der Waals surface area contributed by atoms with Gasteiger partial charge in [0, 0.05) is 12.8 Å². The SMILES string of the molecule is CC/C=C\CC1OC1C/C=C\C/C=C\C/C=C\C/C=C\CCC(=O)O[C@@H](CO)COC(=O)CCCCCCCCCCCCCCCCCC. The number of ether oxygens (including phenoxy) is 3. The third-order valence-corrected chi connectivity index (χ3v) is 8.99. The number of rotatable bonds is 35. The minimum absolute atomic E-state index is 0.0989. The van der Waals surface area contributed by atoms with Crippen LogP contribution in [-0.4, -0.2) is 48.6 Å². The van der Waals surface area contributed by atoms with Crippen LogP contribution < -0.4 is 0 Å². The van der Waals surface area contributed by atoms with Crippen molar-refractivity contribution >= 4 is 11.9 Å². The molecule has 0 amide bonds. The maximum Gasteiger partial charge on any atom is 0.306 e. The van der Waals surface area contributed by atoms with Crippen molar-refractivity contribution in [1.82, 2.24) is 0 Å². The van der Waals surface area contributed by atoms with E-state index in [1.54, 1.807) is 0 Å². The number of aliphatic hydroxyl groups is 1. The predicted octanol–water partition coefficient (Wildman–Crippen LogP) is 11.8. The number of hydrogen-bond donors (Lipinski definition) is 1. The van der Waals surface area contributed by atoms with E-state index in [9.17, 15) is 14.7 Å². The van der Waals surface area contributed by atoms with Gasteiger partial charge in [-0.2, -0.15) is 0 Å². The normalized spacial score (nSPS) is 16.9. The Balaban J connectivity index is 1.92. The summed E-state index contributed by atoms with van der Waals surface area (Å²) in [6.45, 7) is 3.96. The van der Waals surface area contributed by atoms with E-state index in [-0.39, 0.29) is 25.6 Å². The predicted molar refractivity (Wildman–Crippen MR) is 209 cm³/mol. The van der Waals surface area contributed by atoms with Gasteiger partial charge in [-0.1, -0.05) is 171 Å². The standard InChI is InChI=1S/C44H74O6/c1-3-5-7-8-9-10-11-12-13-14-15-19-22-25-28-32-36-43(46)48-39-40(38-45)49-44(47)37-33-29-26-23-20-17-16-18-21-24-27-31-35-42-41(50-42)34-30-6-4-2/h6,17-18,20-21,26-27,29-31,40-42,45H,3-5,7-16,19,22-25,28,32-39H2,1-2H3/b20-17-,21-18-,29-26-,30-6-,31-27-/t40-,41?,42?/m0/s1. The highest BCUT2D eigenvalue weighted by molar-refractivity contribution is 5.70. The zero-order valence-corrected chi connectivity index (χ0v) is 32.1. The Kier molecular flexibility index (Phi) is 31.9. The van der Waals surface area contributed by atoms with Crippen LogP contribution in [0.2, 0.25) is 0 Å². The summed E-state index contributed by atoms with van der Waals surface area (Å²) in [5.41, 5.74) is 0. The van der Waals surface area contributed by atoms with Crippen molar-refractivity contribution < 1.29 is 28.9 Å². The van der Waals surface area contributed by atoms with Gasteiger partial charge in [-0.05, 0) is 51.4 Å². The van der Waals surface area contributed by atoms with Crippen molar-refractivity contribution in [1.29, 1.82) is 0 Å². The molecule has 6 nitrogen and oxygen atoms in total. The molecule has 1 heterocycles. The molecule has 1 N–H and O–H groups in total. The van der Waals surface area contributed by atoms with E-state index in [1.165, 1.54) is 83.5 Å². The first kappa shape index (κ1) is 45.6. The third kappa shape index (κ3) is 30.4.